The van der Waals surface area contributed by atoms with Gasteiger partial charge in [0.1, 0.15) is 6.61 Å². The average molecular weight is 458 g/mol. The van der Waals surface area contributed by atoms with Gasteiger partial charge in [0, 0.05) is 5.56 Å². The maximum absolute atomic E-state index is 5.80. The Hall–Kier alpha value is -2.09. The molecular weight excluding hydrogens is 414 g/mol. The second-order valence-electron chi connectivity index (χ2n) is 11.9. The molecule has 2 saturated carbocycles. The smallest absolute Gasteiger partial charge is 0.216 e. The number of rotatable bonds is 7. The number of hydrogen-bond donors (Lipinski definition) is 0. The van der Waals surface area contributed by atoms with E-state index >= 15 is 0 Å². The lowest BCUT2D eigenvalue weighted by molar-refractivity contribution is 0.113. The van der Waals surface area contributed by atoms with Crippen LogP contribution in [0.2, 0.25) is 0 Å². The molecule has 1 aliphatic heterocycles. The quantitative estimate of drug-likeness (QED) is 0.381. The minimum atomic E-state index is -0.114. The third-order valence-electron chi connectivity index (χ3n) is 8.75. The summed E-state index contributed by atoms with van der Waals surface area (Å²) in [6.07, 6.45) is 14.5. The molecule has 4 unspecified atom stereocenters. The van der Waals surface area contributed by atoms with Crippen molar-refractivity contribution in [2.75, 3.05) is 6.61 Å². The van der Waals surface area contributed by atoms with E-state index in [1.165, 1.54) is 75.3 Å². The highest BCUT2D eigenvalue weighted by molar-refractivity contribution is 5.95. The van der Waals surface area contributed by atoms with E-state index < -0.39 is 0 Å². The van der Waals surface area contributed by atoms with Crippen molar-refractivity contribution in [3.05, 3.63) is 59.7 Å². The number of ether oxygens (including phenoxy) is 1. The maximum Gasteiger partial charge on any atom is 0.216 e. The van der Waals surface area contributed by atoms with E-state index in [0.717, 1.165) is 35.1 Å². The zero-order valence-corrected chi connectivity index (χ0v) is 21.6. The van der Waals surface area contributed by atoms with E-state index in [0.29, 0.717) is 6.61 Å². The zero-order valence-electron chi connectivity index (χ0n) is 21.6. The van der Waals surface area contributed by atoms with Gasteiger partial charge in [0.05, 0.1) is 5.54 Å². The fraction of sp³-hybridized carbons (Fsp3) is 0.594. The topological polar surface area (TPSA) is 21.6 Å². The van der Waals surface area contributed by atoms with Crippen molar-refractivity contribution >= 4 is 5.90 Å². The lowest BCUT2D eigenvalue weighted by Crippen LogP contribution is -2.30. The van der Waals surface area contributed by atoms with Crippen LogP contribution in [0.1, 0.15) is 102 Å². The normalized spacial score (nSPS) is 28.1. The van der Waals surface area contributed by atoms with Gasteiger partial charge in [-0.1, -0.05) is 75.4 Å². The molecule has 0 aromatic heterocycles. The first kappa shape index (κ1) is 23.6. The molecule has 0 saturated heterocycles. The standard InChI is InChI=1S/C32H43NO/c1-4-5-6-7-23-8-9-30-21-29(19-18-28(30)20-23)26-12-10-24(11-13-26)25-14-16-27(17-15-25)31-33-32(2,3)22-34-31/h10-17,23,28-30H,4-9,18-22H2,1-3H3. The van der Waals surface area contributed by atoms with Crippen molar-refractivity contribution < 1.29 is 4.74 Å². The second-order valence-corrected chi connectivity index (χ2v) is 11.9. The molecule has 0 spiro atoms. The second kappa shape index (κ2) is 10.3. The Morgan fingerprint density at radius 3 is 2.12 bits per heavy atom. The lowest BCUT2D eigenvalue weighted by Gasteiger charge is -2.42. The van der Waals surface area contributed by atoms with Gasteiger partial charge in [-0.15, -0.1) is 0 Å². The first-order chi connectivity index (χ1) is 16.5. The Bertz CT molecular complexity index is 971. The van der Waals surface area contributed by atoms with Crippen molar-refractivity contribution in [3.8, 4) is 11.1 Å². The fourth-order valence-corrected chi connectivity index (χ4v) is 6.72. The molecule has 0 amide bonds. The molecule has 0 radical (unpaired) electrons. The third-order valence-corrected chi connectivity index (χ3v) is 8.75. The van der Waals surface area contributed by atoms with Crippen LogP contribution in [0, 0.1) is 17.8 Å². The van der Waals surface area contributed by atoms with Crippen molar-refractivity contribution in [2.24, 2.45) is 22.7 Å². The molecule has 3 aliphatic rings. The number of unbranched alkanes of at least 4 members (excludes halogenated alkanes) is 2. The summed E-state index contributed by atoms with van der Waals surface area (Å²) in [5.74, 6) is 4.54. The van der Waals surface area contributed by atoms with Gasteiger partial charge in [-0.25, -0.2) is 4.99 Å². The largest absolute Gasteiger partial charge is 0.475 e. The molecule has 2 nitrogen and oxygen atoms in total. The van der Waals surface area contributed by atoms with Crippen molar-refractivity contribution in [1.82, 2.24) is 0 Å². The number of nitrogens with zero attached hydrogens (tertiary/aromatic N) is 1. The summed E-state index contributed by atoms with van der Waals surface area (Å²) < 4.78 is 5.80. The first-order valence-electron chi connectivity index (χ1n) is 13.9. The molecule has 0 N–H and O–H groups in total. The van der Waals surface area contributed by atoms with Gasteiger partial charge in [-0.2, -0.15) is 0 Å². The van der Waals surface area contributed by atoms with E-state index in [2.05, 4.69) is 69.3 Å². The van der Waals surface area contributed by atoms with Crippen LogP contribution in [0.25, 0.3) is 11.1 Å². The maximum atomic E-state index is 5.80. The predicted octanol–water partition coefficient (Wildman–Crippen LogP) is 8.79. The Labute approximate surface area is 207 Å². The van der Waals surface area contributed by atoms with Crippen LogP contribution in [-0.4, -0.2) is 18.0 Å². The molecule has 34 heavy (non-hydrogen) atoms. The van der Waals surface area contributed by atoms with Gasteiger partial charge in [-0.3, -0.25) is 0 Å². The van der Waals surface area contributed by atoms with Crippen LogP contribution in [0.4, 0.5) is 0 Å². The SMILES string of the molecule is CCCCCC1CCC2CC(c3ccc(-c4ccc(C5=NC(C)(C)CO5)cc4)cc3)CCC2C1. The molecular formula is C32H43NO. The summed E-state index contributed by atoms with van der Waals surface area (Å²) in [6.45, 7) is 7.21. The summed E-state index contributed by atoms with van der Waals surface area (Å²) in [6, 6.07) is 18.1. The van der Waals surface area contributed by atoms with E-state index in [1.807, 2.05) is 0 Å². The lowest BCUT2D eigenvalue weighted by atomic mass is 9.63. The van der Waals surface area contributed by atoms with Crippen LogP contribution < -0.4 is 0 Å². The average Bonchev–Trinajstić information content (AvgIpc) is 3.23. The number of benzene rings is 2. The molecule has 0 bridgehead atoms. The number of hydrogen-bond acceptors (Lipinski definition) is 2. The Morgan fingerprint density at radius 1 is 0.794 bits per heavy atom. The molecule has 2 fully saturated rings. The number of aliphatic imine (C=N–C) groups is 1. The Morgan fingerprint density at radius 2 is 1.44 bits per heavy atom. The van der Waals surface area contributed by atoms with Crippen LogP contribution in [0.15, 0.2) is 53.5 Å². The molecule has 5 rings (SSSR count). The van der Waals surface area contributed by atoms with Crippen molar-refractivity contribution in [1.29, 1.82) is 0 Å². The van der Waals surface area contributed by atoms with E-state index in [-0.39, 0.29) is 5.54 Å². The molecule has 1 heterocycles. The fourth-order valence-electron chi connectivity index (χ4n) is 6.72. The highest BCUT2D eigenvalue weighted by Crippen LogP contribution is 2.48. The first-order valence-corrected chi connectivity index (χ1v) is 13.9. The molecule has 182 valence electrons. The molecule has 2 aromatic rings. The Balaban J connectivity index is 1.18. The monoisotopic (exact) mass is 457 g/mol. The third kappa shape index (κ3) is 5.42. The van der Waals surface area contributed by atoms with Gasteiger partial charge in [-0.05, 0) is 98.4 Å². The molecule has 2 aromatic carbocycles. The minimum Gasteiger partial charge on any atom is -0.475 e. The molecule has 2 heteroatoms. The van der Waals surface area contributed by atoms with Crippen molar-refractivity contribution in [3.63, 3.8) is 0 Å². The predicted molar refractivity (Wildman–Crippen MR) is 144 cm³/mol. The van der Waals surface area contributed by atoms with Crippen molar-refractivity contribution in [2.45, 2.75) is 96.4 Å². The van der Waals surface area contributed by atoms with Crippen LogP contribution in [-0.2, 0) is 4.74 Å². The summed E-state index contributed by atoms with van der Waals surface area (Å²) in [4.78, 5) is 4.70. The van der Waals surface area contributed by atoms with Gasteiger partial charge >= 0.3 is 0 Å². The van der Waals surface area contributed by atoms with E-state index in [4.69, 9.17) is 9.73 Å². The molecule has 4 atom stereocenters. The van der Waals surface area contributed by atoms with E-state index in [1.54, 1.807) is 5.56 Å². The van der Waals surface area contributed by atoms with Gasteiger partial charge in [0.15, 0.2) is 0 Å². The highest BCUT2D eigenvalue weighted by Gasteiger charge is 2.35. The van der Waals surface area contributed by atoms with Gasteiger partial charge in [0.2, 0.25) is 5.90 Å². The van der Waals surface area contributed by atoms with Crippen LogP contribution in [0.5, 0.6) is 0 Å². The summed E-state index contributed by atoms with van der Waals surface area (Å²) in [5, 5.41) is 0. The number of fused-ring (bicyclic) bond motifs is 1. The Kier molecular flexibility index (Phi) is 7.14. The van der Waals surface area contributed by atoms with E-state index in [9.17, 15) is 0 Å². The van der Waals surface area contributed by atoms with Gasteiger partial charge in [0.25, 0.3) is 0 Å². The van der Waals surface area contributed by atoms with Gasteiger partial charge < -0.3 is 4.74 Å². The highest BCUT2D eigenvalue weighted by atomic mass is 16.5. The van der Waals surface area contributed by atoms with Crippen LogP contribution >= 0.6 is 0 Å². The summed E-state index contributed by atoms with van der Waals surface area (Å²) in [5.41, 5.74) is 5.07. The zero-order chi connectivity index (χ0) is 23.5. The minimum absolute atomic E-state index is 0.114. The summed E-state index contributed by atoms with van der Waals surface area (Å²) >= 11 is 0. The molecule has 2 aliphatic carbocycles. The van der Waals surface area contributed by atoms with Crippen LogP contribution in [0.3, 0.4) is 0 Å². The summed E-state index contributed by atoms with van der Waals surface area (Å²) in [7, 11) is 0.